The Balaban J connectivity index is 2.28. The van der Waals surface area contributed by atoms with Gasteiger partial charge in [-0.15, -0.1) is 0 Å². The maximum absolute atomic E-state index is 3.59. The van der Waals surface area contributed by atoms with Gasteiger partial charge < -0.3 is 0 Å². The van der Waals surface area contributed by atoms with Gasteiger partial charge in [-0.1, -0.05) is 22.9 Å². The average Bonchev–Trinajstić information content (AvgIpc) is 2.22. The molecule has 0 amide bonds. The Kier molecular flexibility index (Phi) is 0.945. The summed E-state index contributed by atoms with van der Waals surface area (Å²) in [6.45, 7) is 2.22. The third-order valence-electron chi connectivity index (χ3n) is 1.43. The van der Waals surface area contributed by atoms with Crippen molar-refractivity contribution in [3.63, 3.8) is 0 Å². The lowest BCUT2D eigenvalue weighted by atomic mass is 10.3. The Morgan fingerprint density at radius 2 is 2.17 bits per heavy atom. The second-order valence-electron chi connectivity index (χ2n) is 2.00. The summed E-state index contributed by atoms with van der Waals surface area (Å²) in [6, 6.07) is 0. The second-order valence-corrected chi connectivity index (χ2v) is 3.69. The molecule has 0 N–H and O–H groups in total. The van der Waals surface area contributed by atoms with Gasteiger partial charge in [0.1, 0.15) is 0 Å². The van der Waals surface area contributed by atoms with Crippen LogP contribution in [0.3, 0.4) is 0 Å². The highest BCUT2D eigenvalue weighted by Gasteiger charge is 2.37. The van der Waals surface area contributed by atoms with Crippen LogP contribution in [0.5, 0.6) is 0 Å². The minimum Gasteiger partial charge on any atom is -0.0853 e. The van der Waals surface area contributed by atoms with Crippen molar-refractivity contribution in [2.75, 3.05) is 0 Å². The van der Waals surface area contributed by atoms with Crippen molar-refractivity contribution in [1.82, 2.24) is 0 Å². The predicted molar refractivity (Wildman–Crippen MR) is 31.2 cm³/mol. The average molecular weight is 149 g/mol. The fourth-order valence-electron chi connectivity index (χ4n) is 0.489. The zero-order chi connectivity index (χ0) is 4.62. The summed E-state index contributed by atoms with van der Waals surface area (Å²) >= 11 is 3.59. The zero-order valence-corrected chi connectivity index (χ0v) is 5.59. The summed E-state index contributed by atoms with van der Waals surface area (Å²) in [4.78, 5) is 0. The summed E-state index contributed by atoms with van der Waals surface area (Å²) < 4.78 is 0.604. The molecule has 1 aliphatic rings. The van der Waals surface area contributed by atoms with Crippen LogP contribution in [-0.4, -0.2) is 4.32 Å². The highest BCUT2D eigenvalue weighted by atomic mass is 79.9. The van der Waals surface area contributed by atoms with Gasteiger partial charge in [0.2, 0.25) is 0 Å². The summed E-state index contributed by atoms with van der Waals surface area (Å²) in [5, 5.41) is 0. The fraction of sp³-hybridized carbons (Fsp3) is 1.00. The lowest BCUT2D eigenvalue weighted by Crippen LogP contribution is -1.88. The predicted octanol–water partition coefficient (Wildman–Crippen LogP) is 2.32. The molecule has 1 fully saturated rings. The molecule has 0 unspecified atom stereocenters. The van der Waals surface area contributed by atoms with Crippen molar-refractivity contribution >= 4 is 15.9 Å². The molecule has 1 heteroatoms. The van der Waals surface area contributed by atoms with Crippen LogP contribution in [0.2, 0.25) is 0 Å². The number of hydrogen-bond donors (Lipinski definition) is 0. The molecular weight excluding hydrogens is 140 g/mol. The smallest absolute Gasteiger partial charge is 0.0256 e. The van der Waals surface area contributed by atoms with Gasteiger partial charge in [-0.05, 0) is 19.3 Å². The molecule has 0 radical (unpaired) electrons. The summed E-state index contributed by atoms with van der Waals surface area (Å²) in [6.07, 6.45) is 4.08. The maximum atomic E-state index is 3.59. The van der Waals surface area contributed by atoms with Gasteiger partial charge in [0.05, 0.1) is 0 Å². The van der Waals surface area contributed by atoms with E-state index in [1.807, 2.05) is 0 Å². The largest absolute Gasteiger partial charge is 0.0853 e. The molecule has 0 aliphatic heterocycles. The summed E-state index contributed by atoms with van der Waals surface area (Å²) in [5.41, 5.74) is 0. The third kappa shape index (κ3) is 0.754. The van der Waals surface area contributed by atoms with Gasteiger partial charge in [-0.25, -0.2) is 0 Å². The first-order valence-electron chi connectivity index (χ1n) is 2.46. The normalized spacial score (nSPS) is 27.0. The van der Waals surface area contributed by atoms with Gasteiger partial charge in [0.15, 0.2) is 0 Å². The Hall–Kier alpha value is 0.480. The van der Waals surface area contributed by atoms with Gasteiger partial charge >= 0.3 is 0 Å². The zero-order valence-electron chi connectivity index (χ0n) is 4.00. The first-order chi connectivity index (χ1) is 2.77. The van der Waals surface area contributed by atoms with Crippen LogP contribution < -0.4 is 0 Å². The van der Waals surface area contributed by atoms with Crippen molar-refractivity contribution in [3.05, 3.63) is 0 Å². The second kappa shape index (κ2) is 1.22. The van der Waals surface area contributed by atoms with Crippen molar-refractivity contribution in [2.24, 2.45) is 0 Å². The van der Waals surface area contributed by atoms with E-state index in [0.29, 0.717) is 4.32 Å². The topological polar surface area (TPSA) is 0 Å². The van der Waals surface area contributed by atoms with E-state index in [4.69, 9.17) is 0 Å². The van der Waals surface area contributed by atoms with Crippen LogP contribution in [-0.2, 0) is 0 Å². The molecule has 0 aromatic carbocycles. The van der Waals surface area contributed by atoms with Gasteiger partial charge in [-0.3, -0.25) is 0 Å². The third-order valence-corrected chi connectivity index (χ3v) is 2.78. The molecule has 0 aromatic rings. The molecule has 1 aliphatic carbocycles. The Morgan fingerprint density at radius 1 is 1.67 bits per heavy atom. The molecule has 0 saturated heterocycles. The molecule has 0 spiro atoms. The SMILES string of the molecule is CCC1(Br)CC1. The lowest BCUT2D eigenvalue weighted by molar-refractivity contribution is 0.870. The van der Waals surface area contributed by atoms with E-state index in [2.05, 4.69) is 22.9 Å². The number of halogens is 1. The molecule has 1 rings (SSSR count). The van der Waals surface area contributed by atoms with Gasteiger partial charge in [0.25, 0.3) is 0 Å². The molecule has 0 heterocycles. The minimum absolute atomic E-state index is 0.604. The van der Waals surface area contributed by atoms with Crippen molar-refractivity contribution in [2.45, 2.75) is 30.5 Å². The molecule has 0 atom stereocenters. The van der Waals surface area contributed by atoms with E-state index in [1.165, 1.54) is 19.3 Å². The summed E-state index contributed by atoms with van der Waals surface area (Å²) in [5.74, 6) is 0. The quantitative estimate of drug-likeness (QED) is 0.502. The number of alkyl halides is 1. The van der Waals surface area contributed by atoms with E-state index < -0.39 is 0 Å². The first-order valence-corrected chi connectivity index (χ1v) is 3.25. The van der Waals surface area contributed by atoms with Crippen LogP contribution in [0.1, 0.15) is 26.2 Å². The Morgan fingerprint density at radius 3 is 2.17 bits per heavy atom. The van der Waals surface area contributed by atoms with E-state index in [-0.39, 0.29) is 0 Å². The van der Waals surface area contributed by atoms with E-state index >= 15 is 0 Å². The van der Waals surface area contributed by atoms with Crippen LogP contribution >= 0.6 is 15.9 Å². The highest BCUT2D eigenvalue weighted by Crippen LogP contribution is 2.46. The first kappa shape index (κ1) is 4.63. The maximum Gasteiger partial charge on any atom is 0.0256 e. The van der Waals surface area contributed by atoms with Crippen LogP contribution in [0.4, 0.5) is 0 Å². The number of rotatable bonds is 1. The highest BCUT2D eigenvalue weighted by molar-refractivity contribution is 9.10. The van der Waals surface area contributed by atoms with Crippen molar-refractivity contribution in [1.29, 1.82) is 0 Å². The molecule has 0 aromatic heterocycles. The molecule has 36 valence electrons. The summed E-state index contributed by atoms with van der Waals surface area (Å²) in [7, 11) is 0. The molecule has 6 heavy (non-hydrogen) atoms. The fourth-order valence-corrected chi connectivity index (χ4v) is 0.687. The Labute approximate surface area is 47.1 Å². The molecule has 0 nitrogen and oxygen atoms in total. The number of hydrogen-bond acceptors (Lipinski definition) is 0. The van der Waals surface area contributed by atoms with E-state index in [1.54, 1.807) is 0 Å². The van der Waals surface area contributed by atoms with Crippen LogP contribution in [0.15, 0.2) is 0 Å². The van der Waals surface area contributed by atoms with Gasteiger partial charge in [-0.2, -0.15) is 0 Å². The molecule has 1 saturated carbocycles. The van der Waals surface area contributed by atoms with Crippen molar-refractivity contribution in [3.8, 4) is 0 Å². The monoisotopic (exact) mass is 148 g/mol. The van der Waals surface area contributed by atoms with E-state index in [0.717, 1.165) is 0 Å². The minimum atomic E-state index is 0.604. The van der Waals surface area contributed by atoms with Crippen LogP contribution in [0, 0.1) is 0 Å². The van der Waals surface area contributed by atoms with Crippen molar-refractivity contribution < 1.29 is 0 Å². The lowest BCUT2D eigenvalue weighted by Gasteiger charge is -1.94. The standard InChI is InChI=1S/C5H9Br/c1-2-5(6)3-4-5/h2-4H2,1H3. The van der Waals surface area contributed by atoms with Crippen LogP contribution in [0.25, 0.3) is 0 Å². The Bertz CT molecular complexity index is 55.0. The molecular formula is C5H9Br. The van der Waals surface area contributed by atoms with Gasteiger partial charge in [0, 0.05) is 4.32 Å². The molecule has 0 bridgehead atoms. The van der Waals surface area contributed by atoms with E-state index in [9.17, 15) is 0 Å².